The third kappa shape index (κ3) is 3.86. The average Bonchev–Trinajstić information content (AvgIpc) is 3.08. The Morgan fingerprint density at radius 2 is 2.13 bits per heavy atom. The SMILES string of the molecule is COC(=O)C[C@@H](c1cccnc1)c1c(O)ccc2c1O/C(=C\N1CCOCC1)C2=O. The number of nitrogens with zero attached hydrogens (tertiary/aromatic N) is 2. The molecule has 0 amide bonds. The predicted octanol–water partition coefficient (Wildman–Crippen LogP) is 2.23. The number of benzene rings is 1. The molecule has 3 heterocycles. The van der Waals surface area contributed by atoms with Gasteiger partial charge in [-0.15, -0.1) is 0 Å². The Labute approximate surface area is 173 Å². The molecule has 0 radical (unpaired) electrons. The summed E-state index contributed by atoms with van der Waals surface area (Å²) in [5.41, 5.74) is 1.42. The van der Waals surface area contributed by atoms with Gasteiger partial charge in [0.2, 0.25) is 5.78 Å². The number of carbonyl (C=O) groups excluding carboxylic acids is 2. The second-order valence-electron chi connectivity index (χ2n) is 7.07. The summed E-state index contributed by atoms with van der Waals surface area (Å²) in [5, 5.41) is 10.7. The Morgan fingerprint density at radius 3 is 2.83 bits per heavy atom. The first-order chi connectivity index (χ1) is 14.6. The summed E-state index contributed by atoms with van der Waals surface area (Å²) in [5.74, 6) is -0.919. The van der Waals surface area contributed by atoms with E-state index in [1.54, 1.807) is 30.7 Å². The monoisotopic (exact) mass is 410 g/mol. The van der Waals surface area contributed by atoms with Crippen molar-refractivity contribution in [1.82, 2.24) is 9.88 Å². The van der Waals surface area contributed by atoms with Gasteiger partial charge in [-0.2, -0.15) is 0 Å². The van der Waals surface area contributed by atoms with E-state index in [9.17, 15) is 14.7 Å². The molecular weight excluding hydrogens is 388 g/mol. The van der Waals surface area contributed by atoms with Crippen LogP contribution in [0.3, 0.4) is 0 Å². The van der Waals surface area contributed by atoms with E-state index in [0.29, 0.717) is 43.0 Å². The molecule has 1 fully saturated rings. The van der Waals surface area contributed by atoms with Crippen LogP contribution in [-0.2, 0) is 14.3 Å². The van der Waals surface area contributed by atoms with Crippen LogP contribution in [0.2, 0.25) is 0 Å². The zero-order valence-electron chi connectivity index (χ0n) is 16.5. The van der Waals surface area contributed by atoms with Crippen molar-refractivity contribution in [3.8, 4) is 11.5 Å². The molecule has 1 atom stereocenters. The molecule has 30 heavy (non-hydrogen) atoms. The smallest absolute Gasteiger partial charge is 0.306 e. The molecule has 2 aromatic rings. The van der Waals surface area contributed by atoms with Gasteiger partial charge < -0.3 is 24.2 Å². The maximum absolute atomic E-state index is 12.9. The van der Waals surface area contributed by atoms with Crippen molar-refractivity contribution in [1.29, 1.82) is 0 Å². The molecule has 8 heteroatoms. The molecular formula is C22H22N2O6. The highest BCUT2D eigenvalue weighted by Gasteiger charge is 2.35. The van der Waals surface area contributed by atoms with Gasteiger partial charge in [-0.3, -0.25) is 14.6 Å². The summed E-state index contributed by atoms with van der Waals surface area (Å²) >= 11 is 0. The van der Waals surface area contributed by atoms with E-state index in [0.717, 1.165) is 0 Å². The van der Waals surface area contributed by atoms with E-state index < -0.39 is 11.9 Å². The van der Waals surface area contributed by atoms with Crippen LogP contribution < -0.4 is 4.74 Å². The average molecular weight is 410 g/mol. The zero-order valence-corrected chi connectivity index (χ0v) is 16.5. The normalized spacial score (nSPS) is 18.1. The van der Waals surface area contributed by atoms with E-state index in [-0.39, 0.29) is 29.5 Å². The topological polar surface area (TPSA) is 98.2 Å². The highest BCUT2D eigenvalue weighted by atomic mass is 16.5. The minimum absolute atomic E-state index is 0.0354. The van der Waals surface area contributed by atoms with Crippen molar-refractivity contribution in [3.05, 3.63) is 65.3 Å². The number of rotatable bonds is 5. The fraction of sp³-hybridized carbons (Fsp3) is 0.318. The fourth-order valence-electron chi connectivity index (χ4n) is 3.68. The maximum Gasteiger partial charge on any atom is 0.306 e. The highest BCUT2D eigenvalue weighted by molar-refractivity contribution is 6.12. The third-order valence-electron chi connectivity index (χ3n) is 5.23. The number of allylic oxidation sites excluding steroid dienone is 1. The first-order valence-electron chi connectivity index (χ1n) is 9.67. The fourth-order valence-corrected chi connectivity index (χ4v) is 3.68. The second-order valence-corrected chi connectivity index (χ2v) is 7.07. The van der Waals surface area contributed by atoms with Crippen molar-refractivity contribution in [2.24, 2.45) is 0 Å². The number of morpholine rings is 1. The molecule has 0 spiro atoms. The van der Waals surface area contributed by atoms with Gasteiger partial charge in [-0.25, -0.2) is 0 Å². The Bertz CT molecular complexity index is 983. The van der Waals surface area contributed by atoms with Crippen LogP contribution in [0.5, 0.6) is 11.5 Å². The van der Waals surface area contributed by atoms with Gasteiger partial charge in [0, 0.05) is 43.2 Å². The number of ketones is 1. The largest absolute Gasteiger partial charge is 0.508 e. The number of esters is 1. The number of phenols is 1. The summed E-state index contributed by atoms with van der Waals surface area (Å²) in [6, 6.07) is 6.54. The van der Waals surface area contributed by atoms with E-state index in [2.05, 4.69) is 4.98 Å². The van der Waals surface area contributed by atoms with Crippen molar-refractivity contribution in [2.75, 3.05) is 33.4 Å². The molecule has 2 aliphatic heterocycles. The van der Waals surface area contributed by atoms with Gasteiger partial charge in [0.05, 0.1) is 32.3 Å². The molecule has 2 aliphatic rings. The van der Waals surface area contributed by atoms with Crippen LogP contribution in [0.1, 0.15) is 33.8 Å². The molecule has 0 saturated carbocycles. The standard InChI is InChI=1S/C22H22N2O6/c1-28-19(26)11-16(14-3-2-6-23-12-14)20-17(25)5-4-15-21(27)18(30-22(15)20)13-24-7-9-29-10-8-24/h2-6,12-13,16,25H,7-11H2,1H3/b18-13-/t16-/m0/s1. The molecule has 0 unspecified atom stereocenters. The van der Waals surface area contributed by atoms with Gasteiger partial charge >= 0.3 is 5.97 Å². The Kier molecular flexibility index (Phi) is 5.67. The summed E-state index contributed by atoms with van der Waals surface area (Å²) < 4.78 is 16.1. The van der Waals surface area contributed by atoms with Gasteiger partial charge in [0.1, 0.15) is 11.5 Å². The first-order valence-corrected chi connectivity index (χ1v) is 9.67. The number of hydrogen-bond acceptors (Lipinski definition) is 8. The summed E-state index contributed by atoms with van der Waals surface area (Å²) in [7, 11) is 1.31. The molecule has 1 saturated heterocycles. The minimum atomic E-state index is -0.586. The summed E-state index contributed by atoms with van der Waals surface area (Å²) in [4.78, 5) is 31.1. The van der Waals surface area contributed by atoms with Crippen LogP contribution in [0.25, 0.3) is 0 Å². The lowest BCUT2D eigenvalue weighted by atomic mass is 9.87. The molecule has 0 aliphatic carbocycles. The number of carbonyl (C=O) groups is 2. The lowest BCUT2D eigenvalue weighted by Gasteiger charge is -2.25. The lowest BCUT2D eigenvalue weighted by Crippen LogP contribution is -2.32. The van der Waals surface area contributed by atoms with E-state index in [1.165, 1.54) is 19.2 Å². The molecule has 0 bridgehead atoms. The van der Waals surface area contributed by atoms with Crippen molar-refractivity contribution in [2.45, 2.75) is 12.3 Å². The molecule has 1 aromatic carbocycles. The molecule has 1 aromatic heterocycles. The first kappa shape index (κ1) is 19.9. The van der Waals surface area contributed by atoms with Crippen LogP contribution in [0, 0.1) is 0 Å². The third-order valence-corrected chi connectivity index (χ3v) is 5.23. The number of aromatic nitrogens is 1. The van der Waals surface area contributed by atoms with Gasteiger partial charge in [0.15, 0.2) is 5.76 Å². The van der Waals surface area contributed by atoms with Crippen molar-refractivity contribution >= 4 is 11.8 Å². The number of methoxy groups -OCH3 is 1. The number of ether oxygens (including phenoxy) is 3. The summed E-state index contributed by atoms with van der Waals surface area (Å²) in [6.45, 7) is 2.49. The quantitative estimate of drug-likeness (QED) is 0.592. The second kappa shape index (κ2) is 8.54. The number of pyridine rings is 1. The van der Waals surface area contributed by atoms with Crippen LogP contribution in [-0.4, -0.2) is 60.2 Å². The molecule has 1 N–H and O–H groups in total. The van der Waals surface area contributed by atoms with Gasteiger partial charge in [-0.05, 0) is 23.8 Å². The van der Waals surface area contributed by atoms with Gasteiger partial charge in [-0.1, -0.05) is 6.07 Å². The highest BCUT2D eigenvalue weighted by Crippen LogP contribution is 2.46. The number of fused-ring (bicyclic) bond motifs is 1. The Hall–Kier alpha value is -3.39. The Balaban J connectivity index is 1.76. The minimum Gasteiger partial charge on any atom is -0.508 e. The van der Waals surface area contributed by atoms with Crippen molar-refractivity contribution < 1.29 is 28.9 Å². The summed E-state index contributed by atoms with van der Waals surface area (Å²) in [6.07, 6.45) is 4.89. The molecule has 8 nitrogen and oxygen atoms in total. The van der Waals surface area contributed by atoms with E-state index in [1.807, 2.05) is 4.90 Å². The van der Waals surface area contributed by atoms with E-state index >= 15 is 0 Å². The number of aromatic hydroxyl groups is 1. The maximum atomic E-state index is 12.9. The van der Waals surface area contributed by atoms with E-state index in [4.69, 9.17) is 14.2 Å². The van der Waals surface area contributed by atoms with Crippen LogP contribution in [0.4, 0.5) is 0 Å². The van der Waals surface area contributed by atoms with Crippen LogP contribution in [0.15, 0.2) is 48.6 Å². The molecule has 156 valence electrons. The number of Topliss-reactive ketones (excluding diaryl/α,β-unsaturated/α-hetero) is 1. The zero-order chi connectivity index (χ0) is 21.1. The predicted molar refractivity (Wildman–Crippen MR) is 106 cm³/mol. The van der Waals surface area contributed by atoms with Gasteiger partial charge in [0.25, 0.3) is 0 Å². The van der Waals surface area contributed by atoms with Crippen LogP contribution >= 0.6 is 0 Å². The number of phenolic OH excluding ortho intramolecular Hbond substituents is 1. The van der Waals surface area contributed by atoms with Crippen molar-refractivity contribution in [3.63, 3.8) is 0 Å². The lowest BCUT2D eigenvalue weighted by molar-refractivity contribution is -0.140. The molecule has 4 rings (SSSR count). The number of hydrogen-bond donors (Lipinski definition) is 1. The Morgan fingerprint density at radius 1 is 1.33 bits per heavy atom.